The summed E-state index contributed by atoms with van der Waals surface area (Å²) in [5, 5.41) is 11.8. The zero-order valence-electron chi connectivity index (χ0n) is 10.9. The van der Waals surface area contributed by atoms with E-state index in [9.17, 15) is 13.2 Å². The molecule has 0 fully saturated rings. The lowest BCUT2D eigenvalue weighted by molar-refractivity contribution is -0.137. The van der Waals surface area contributed by atoms with E-state index in [4.69, 9.17) is 11.0 Å². The van der Waals surface area contributed by atoms with E-state index in [1.54, 1.807) is 13.0 Å². The molecule has 2 rings (SSSR count). The first-order chi connectivity index (χ1) is 9.82. The van der Waals surface area contributed by atoms with Crippen LogP contribution in [0.15, 0.2) is 24.5 Å². The van der Waals surface area contributed by atoms with Crippen LogP contribution in [0.3, 0.4) is 0 Å². The molecule has 1 aromatic carbocycles. The molecule has 2 aromatic rings. The zero-order valence-corrected chi connectivity index (χ0v) is 10.9. The highest BCUT2D eigenvalue weighted by atomic mass is 19.4. The SMILES string of the molecule is Cc1c(N)ncnc1Nc1ccc(C(F)(F)F)cc1C#N. The maximum atomic E-state index is 12.6. The lowest BCUT2D eigenvalue weighted by atomic mass is 10.1. The van der Waals surface area contributed by atoms with E-state index in [2.05, 4.69) is 15.3 Å². The number of hydrogen-bond acceptors (Lipinski definition) is 5. The van der Waals surface area contributed by atoms with Gasteiger partial charge in [0.1, 0.15) is 24.0 Å². The summed E-state index contributed by atoms with van der Waals surface area (Å²) < 4.78 is 37.8. The fourth-order valence-corrected chi connectivity index (χ4v) is 1.64. The normalized spacial score (nSPS) is 11.0. The molecule has 1 heterocycles. The Morgan fingerprint density at radius 1 is 1.29 bits per heavy atom. The summed E-state index contributed by atoms with van der Waals surface area (Å²) in [6.45, 7) is 1.66. The average Bonchev–Trinajstić information content (AvgIpc) is 2.43. The summed E-state index contributed by atoms with van der Waals surface area (Å²) >= 11 is 0. The number of nitriles is 1. The summed E-state index contributed by atoms with van der Waals surface area (Å²) in [6.07, 6.45) is -3.28. The van der Waals surface area contributed by atoms with Gasteiger partial charge in [0.25, 0.3) is 0 Å². The van der Waals surface area contributed by atoms with Crippen molar-refractivity contribution < 1.29 is 13.2 Å². The molecule has 0 bridgehead atoms. The molecule has 0 aliphatic rings. The zero-order chi connectivity index (χ0) is 15.6. The van der Waals surface area contributed by atoms with E-state index in [1.165, 1.54) is 12.4 Å². The van der Waals surface area contributed by atoms with Crippen molar-refractivity contribution in [3.63, 3.8) is 0 Å². The maximum absolute atomic E-state index is 12.6. The molecule has 0 unspecified atom stereocenters. The number of aromatic nitrogens is 2. The summed E-state index contributed by atoms with van der Waals surface area (Å²) in [5.74, 6) is 0.580. The van der Waals surface area contributed by atoms with Crippen molar-refractivity contribution in [3.05, 3.63) is 41.2 Å². The molecule has 5 nitrogen and oxygen atoms in total. The number of nitrogens with two attached hydrogens (primary N) is 1. The summed E-state index contributed by atoms with van der Waals surface area (Å²) in [6, 6.07) is 4.58. The third-order valence-corrected chi connectivity index (χ3v) is 2.84. The van der Waals surface area contributed by atoms with Crippen LogP contribution in [0.25, 0.3) is 0 Å². The minimum absolute atomic E-state index is 0.138. The van der Waals surface area contributed by atoms with Gasteiger partial charge < -0.3 is 11.1 Å². The van der Waals surface area contributed by atoms with Gasteiger partial charge in [-0.05, 0) is 25.1 Å². The fraction of sp³-hybridized carbons (Fsp3) is 0.154. The third-order valence-electron chi connectivity index (χ3n) is 2.84. The lowest BCUT2D eigenvalue weighted by Crippen LogP contribution is -2.07. The number of nitrogens with zero attached hydrogens (tertiary/aromatic N) is 3. The molecule has 0 spiro atoms. The van der Waals surface area contributed by atoms with Gasteiger partial charge in [0.2, 0.25) is 0 Å². The van der Waals surface area contributed by atoms with Gasteiger partial charge in [0.15, 0.2) is 0 Å². The standard InChI is InChI=1S/C13H10F3N5/c1-7-11(18)19-6-20-12(7)21-10-3-2-9(13(14,15)16)4-8(10)5-17/h2-4,6H,1H3,(H3,18,19,20,21). The van der Waals surface area contributed by atoms with Crippen molar-refractivity contribution in [2.24, 2.45) is 0 Å². The van der Waals surface area contributed by atoms with Crippen molar-refractivity contribution in [3.8, 4) is 6.07 Å². The Bertz CT molecular complexity index is 719. The number of halogens is 3. The molecule has 1 aromatic heterocycles. The molecule has 0 saturated carbocycles. The minimum atomic E-state index is -4.50. The van der Waals surface area contributed by atoms with E-state index >= 15 is 0 Å². The topological polar surface area (TPSA) is 87.6 Å². The number of rotatable bonds is 2. The first-order valence-corrected chi connectivity index (χ1v) is 5.78. The van der Waals surface area contributed by atoms with Crippen LogP contribution in [0, 0.1) is 18.3 Å². The minimum Gasteiger partial charge on any atom is -0.383 e. The first-order valence-electron chi connectivity index (χ1n) is 5.78. The van der Waals surface area contributed by atoms with E-state index in [0.717, 1.165) is 12.1 Å². The Morgan fingerprint density at radius 2 is 2.00 bits per heavy atom. The van der Waals surface area contributed by atoms with Crippen molar-refractivity contribution in [1.29, 1.82) is 5.26 Å². The Labute approximate surface area is 118 Å². The van der Waals surface area contributed by atoms with Gasteiger partial charge in [-0.3, -0.25) is 0 Å². The molecular formula is C13H10F3N5. The Balaban J connectivity index is 2.42. The molecule has 0 aliphatic carbocycles. The van der Waals surface area contributed by atoms with Gasteiger partial charge in [-0.2, -0.15) is 18.4 Å². The van der Waals surface area contributed by atoms with Crippen LogP contribution in [0.5, 0.6) is 0 Å². The second-order valence-corrected chi connectivity index (χ2v) is 4.23. The van der Waals surface area contributed by atoms with Gasteiger partial charge in [-0.25, -0.2) is 9.97 Å². The van der Waals surface area contributed by atoms with Gasteiger partial charge >= 0.3 is 6.18 Å². The van der Waals surface area contributed by atoms with E-state index in [-0.39, 0.29) is 17.1 Å². The molecule has 0 saturated heterocycles. The van der Waals surface area contributed by atoms with Gasteiger partial charge in [0, 0.05) is 5.56 Å². The van der Waals surface area contributed by atoms with Crippen molar-refractivity contribution in [2.45, 2.75) is 13.1 Å². The molecule has 0 radical (unpaired) electrons. The van der Waals surface area contributed by atoms with Crippen LogP contribution < -0.4 is 11.1 Å². The van der Waals surface area contributed by atoms with Crippen LogP contribution in [-0.2, 0) is 6.18 Å². The Hall–Kier alpha value is -2.82. The second-order valence-electron chi connectivity index (χ2n) is 4.23. The van der Waals surface area contributed by atoms with Crippen molar-refractivity contribution in [2.75, 3.05) is 11.1 Å². The molecule has 0 atom stereocenters. The molecule has 0 amide bonds. The quantitative estimate of drug-likeness (QED) is 0.888. The first kappa shape index (κ1) is 14.6. The number of nitrogen functional groups attached to an aromatic ring is 1. The van der Waals surface area contributed by atoms with Crippen LogP contribution in [0.4, 0.5) is 30.5 Å². The maximum Gasteiger partial charge on any atom is 0.416 e. The molecule has 0 aliphatic heterocycles. The average molecular weight is 293 g/mol. The van der Waals surface area contributed by atoms with E-state index in [1.807, 2.05) is 0 Å². The van der Waals surface area contributed by atoms with Crippen molar-refractivity contribution in [1.82, 2.24) is 9.97 Å². The lowest BCUT2D eigenvalue weighted by Gasteiger charge is -2.12. The highest BCUT2D eigenvalue weighted by Crippen LogP contribution is 2.32. The molecule has 108 valence electrons. The summed E-state index contributed by atoms with van der Waals surface area (Å²) in [4.78, 5) is 7.73. The number of anilines is 3. The molecule has 8 heteroatoms. The van der Waals surface area contributed by atoms with E-state index < -0.39 is 11.7 Å². The molecule has 3 N–H and O–H groups in total. The summed E-state index contributed by atoms with van der Waals surface area (Å²) in [7, 11) is 0. The second kappa shape index (κ2) is 5.28. The predicted octanol–water partition coefficient (Wildman–Crippen LogP) is 3.00. The fourth-order valence-electron chi connectivity index (χ4n) is 1.64. The largest absolute Gasteiger partial charge is 0.416 e. The predicted molar refractivity (Wildman–Crippen MR) is 70.6 cm³/mol. The summed E-state index contributed by atoms with van der Waals surface area (Å²) in [5.41, 5.74) is 5.36. The number of benzene rings is 1. The highest BCUT2D eigenvalue weighted by Gasteiger charge is 2.31. The highest BCUT2D eigenvalue weighted by molar-refractivity contribution is 5.68. The third kappa shape index (κ3) is 3.02. The Kier molecular flexibility index (Phi) is 3.67. The van der Waals surface area contributed by atoms with Crippen LogP contribution >= 0.6 is 0 Å². The van der Waals surface area contributed by atoms with Crippen LogP contribution in [-0.4, -0.2) is 9.97 Å². The number of hydrogen-bond donors (Lipinski definition) is 2. The number of nitrogens with one attached hydrogen (secondary N) is 1. The van der Waals surface area contributed by atoms with Crippen molar-refractivity contribution >= 4 is 17.3 Å². The molecular weight excluding hydrogens is 283 g/mol. The number of alkyl halides is 3. The smallest absolute Gasteiger partial charge is 0.383 e. The molecule has 21 heavy (non-hydrogen) atoms. The van der Waals surface area contributed by atoms with Gasteiger partial charge in [0.05, 0.1) is 16.8 Å². The van der Waals surface area contributed by atoms with Crippen LogP contribution in [0.2, 0.25) is 0 Å². The monoisotopic (exact) mass is 293 g/mol. The van der Waals surface area contributed by atoms with E-state index in [0.29, 0.717) is 11.4 Å². The van der Waals surface area contributed by atoms with Gasteiger partial charge in [-0.1, -0.05) is 0 Å². The van der Waals surface area contributed by atoms with Crippen LogP contribution in [0.1, 0.15) is 16.7 Å². The Morgan fingerprint density at radius 3 is 2.62 bits per heavy atom. The van der Waals surface area contributed by atoms with Gasteiger partial charge in [-0.15, -0.1) is 0 Å².